The summed E-state index contributed by atoms with van der Waals surface area (Å²) >= 11 is 0. The lowest BCUT2D eigenvalue weighted by Gasteiger charge is -2.38. The Morgan fingerprint density at radius 1 is 1.39 bits per heavy atom. The summed E-state index contributed by atoms with van der Waals surface area (Å²) < 4.78 is 34.5. The maximum absolute atomic E-state index is 13.4. The van der Waals surface area contributed by atoms with E-state index in [0.717, 1.165) is 24.8 Å². The molecule has 7 nitrogen and oxygen atoms in total. The van der Waals surface area contributed by atoms with Gasteiger partial charge < -0.3 is 14.7 Å². The third-order valence-electron chi connectivity index (χ3n) is 6.33. The van der Waals surface area contributed by atoms with Crippen LogP contribution in [0.4, 0.5) is 0 Å². The number of ether oxygens (including phenoxy) is 1. The van der Waals surface area contributed by atoms with Crippen LogP contribution in [0.5, 0.6) is 5.75 Å². The van der Waals surface area contributed by atoms with Gasteiger partial charge in [-0.25, -0.2) is 8.42 Å². The van der Waals surface area contributed by atoms with Crippen molar-refractivity contribution in [2.24, 2.45) is 11.8 Å². The lowest BCUT2D eigenvalue weighted by atomic mass is 9.84. The number of rotatable bonds is 6. The summed E-state index contributed by atoms with van der Waals surface area (Å²) in [6, 6.07) is 4.47. The molecule has 0 unspecified atom stereocenters. The molecule has 1 amide bonds. The molecule has 1 aliphatic carbocycles. The van der Waals surface area contributed by atoms with Crippen LogP contribution in [0.2, 0.25) is 0 Å². The standard InChI is InChI=1S/C23H34N2O5S/c1-5-7-18-10-11-22-20(12-18)30-21(14-24(4)23(27)19-8-6-9-19)16(2)13-25(17(3)15-26)31(22,28)29/h5,7,10-12,16-17,19,21,26H,6,8-9,13-15H2,1-4H3/b7-5+/t16-,17-,21+/m1/s1. The van der Waals surface area contributed by atoms with E-state index in [1.54, 1.807) is 37.1 Å². The first-order valence-electron chi connectivity index (χ1n) is 11.0. The Hall–Kier alpha value is -1.90. The summed E-state index contributed by atoms with van der Waals surface area (Å²) in [6.45, 7) is 5.83. The maximum Gasteiger partial charge on any atom is 0.247 e. The van der Waals surface area contributed by atoms with Gasteiger partial charge in [0.2, 0.25) is 15.9 Å². The Labute approximate surface area is 185 Å². The normalized spacial score (nSPS) is 25.1. The number of aliphatic hydroxyl groups is 1. The van der Waals surface area contributed by atoms with E-state index in [4.69, 9.17) is 4.74 Å². The van der Waals surface area contributed by atoms with Crippen molar-refractivity contribution in [1.82, 2.24) is 9.21 Å². The predicted octanol–water partition coefficient (Wildman–Crippen LogP) is 2.75. The minimum Gasteiger partial charge on any atom is -0.487 e. The molecule has 1 heterocycles. The maximum atomic E-state index is 13.4. The quantitative estimate of drug-likeness (QED) is 0.720. The van der Waals surface area contributed by atoms with Crippen molar-refractivity contribution in [3.8, 4) is 5.75 Å². The number of likely N-dealkylation sites (N-methyl/N-ethyl adjacent to an activating group) is 1. The highest BCUT2D eigenvalue weighted by Crippen LogP contribution is 2.35. The first-order chi connectivity index (χ1) is 14.7. The molecule has 1 aromatic rings. The van der Waals surface area contributed by atoms with Gasteiger partial charge in [0.05, 0.1) is 13.2 Å². The number of benzene rings is 1. The van der Waals surface area contributed by atoms with E-state index in [9.17, 15) is 18.3 Å². The first kappa shape index (κ1) is 23.8. The van der Waals surface area contributed by atoms with Gasteiger partial charge in [-0.3, -0.25) is 4.79 Å². The van der Waals surface area contributed by atoms with Crippen LogP contribution in [-0.2, 0) is 14.8 Å². The largest absolute Gasteiger partial charge is 0.487 e. The third-order valence-corrected chi connectivity index (χ3v) is 8.35. The molecule has 1 N–H and O–H groups in total. The number of hydrogen-bond acceptors (Lipinski definition) is 5. The number of hydrogen-bond donors (Lipinski definition) is 1. The Kier molecular flexibility index (Phi) is 7.44. The molecule has 0 aromatic heterocycles. The van der Waals surface area contributed by atoms with Crippen molar-refractivity contribution in [1.29, 1.82) is 0 Å². The number of allylic oxidation sites excluding steroid dienone is 1. The second kappa shape index (κ2) is 9.71. The van der Waals surface area contributed by atoms with Gasteiger partial charge in [-0.1, -0.05) is 31.6 Å². The van der Waals surface area contributed by atoms with Gasteiger partial charge in [-0.15, -0.1) is 0 Å². The van der Waals surface area contributed by atoms with E-state index in [0.29, 0.717) is 6.54 Å². The van der Waals surface area contributed by atoms with Crippen molar-refractivity contribution < 1.29 is 23.1 Å². The number of sulfonamides is 1. The fraction of sp³-hybridized carbons (Fsp3) is 0.609. The topological polar surface area (TPSA) is 87.2 Å². The molecule has 0 radical (unpaired) electrons. The molecular formula is C23H34N2O5S. The zero-order valence-corrected chi connectivity index (χ0v) is 19.6. The number of carbonyl (C=O) groups is 1. The van der Waals surface area contributed by atoms with E-state index < -0.39 is 16.1 Å². The van der Waals surface area contributed by atoms with Crippen LogP contribution < -0.4 is 4.74 Å². The van der Waals surface area contributed by atoms with Crippen molar-refractivity contribution in [3.05, 3.63) is 29.8 Å². The highest BCUT2D eigenvalue weighted by molar-refractivity contribution is 7.89. The number of nitrogens with zero attached hydrogens (tertiary/aromatic N) is 2. The van der Waals surface area contributed by atoms with Crippen LogP contribution in [0.3, 0.4) is 0 Å². The zero-order valence-electron chi connectivity index (χ0n) is 18.8. The molecule has 1 fully saturated rings. The Morgan fingerprint density at radius 2 is 2.10 bits per heavy atom. The Morgan fingerprint density at radius 3 is 2.68 bits per heavy atom. The second-order valence-corrected chi connectivity index (χ2v) is 10.7. The van der Waals surface area contributed by atoms with Crippen LogP contribution >= 0.6 is 0 Å². The second-order valence-electron chi connectivity index (χ2n) is 8.79. The van der Waals surface area contributed by atoms with Crippen molar-refractivity contribution >= 4 is 22.0 Å². The summed E-state index contributed by atoms with van der Waals surface area (Å²) in [5.41, 5.74) is 0.837. The minimum absolute atomic E-state index is 0.0888. The van der Waals surface area contributed by atoms with Crippen LogP contribution in [0.25, 0.3) is 6.08 Å². The SMILES string of the molecule is C/C=C/c1ccc2c(c1)O[C@@H](CN(C)C(=O)C1CCC1)[C@H](C)CN([C@H](C)CO)S2(=O)=O. The summed E-state index contributed by atoms with van der Waals surface area (Å²) in [7, 11) is -2.06. The molecule has 3 rings (SSSR count). The molecule has 1 aliphatic heterocycles. The summed E-state index contributed by atoms with van der Waals surface area (Å²) in [6.07, 6.45) is 6.34. The van der Waals surface area contributed by atoms with Crippen molar-refractivity contribution in [2.75, 3.05) is 26.7 Å². The Bertz CT molecular complexity index is 926. The van der Waals surface area contributed by atoms with Gasteiger partial charge in [0.25, 0.3) is 0 Å². The van der Waals surface area contributed by atoms with Gasteiger partial charge in [-0.2, -0.15) is 4.31 Å². The first-order valence-corrected chi connectivity index (χ1v) is 12.4. The van der Waals surface area contributed by atoms with Gasteiger partial charge in [-0.05, 0) is 44.4 Å². The van der Waals surface area contributed by atoms with E-state index >= 15 is 0 Å². The lowest BCUT2D eigenvalue weighted by Crippen LogP contribution is -2.50. The average Bonchev–Trinajstić information content (AvgIpc) is 2.68. The van der Waals surface area contributed by atoms with Crippen LogP contribution in [-0.4, -0.2) is 67.5 Å². The highest BCUT2D eigenvalue weighted by atomic mass is 32.2. The molecule has 1 saturated carbocycles. The molecular weight excluding hydrogens is 416 g/mol. The fourth-order valence-corrected chi connectivity index (χ4v) is 5.91. The number of amides is 1. The molecule has 8 heteroatoms. The smallest absolute Gasteiger partial charge is 0.247 e. The van der Waals surface area contributed by atoms with Crippen molar-refractivity contribution in [2.45, 2.75) is 57.1 Å². The number of carbonyl (C=O) groups excluding carboxylic acids is 1. The number of fused-ring (bicyclic) bond motifs is 1. The highest BCUT2D eigenvalue weighted by Gasteiger charge is 2.39. The zero-order chi connectivity index (χ0) is 22.8. The molecule has 2 aliphatic rings. The summed E-state index contributed by atoms with van der Waals surface area (Å²) in [5.74, 6) is 0.319. The summed E-state index contributed by atoms with van der Waals surface area (Å²) in [5, 5.41) is 9.71. The average molecular weight is 451 g/mol. The summed E-state index contributed by atoms with van der Waals surface area (Å²) in [4.78, 5) is 14.5. The van der Waals surface area contributed by atoms with E-state index in [-0.39, 0.29) is 47.6 Å². The van der Waals surface area contributed by atoms with E-state index in [1.165, 1.54) is 4.31 Å². The van der Waals surface area contributed by atoms with E-state index in [1.807, 2.05) is 26.0 Å². The molecule has 172 valence electrons. The predicted molar refractivity (Wildman–Crippen MR) is 120 cm³/mol. The van der Waals surface area contributed by atoms with Gasteiger partial charge in [0.1, 0.15) is 16.7 Å². The molecule has 3 atom stereocenters. The monoisotopic (exact) mass is 450 g/mol. The van der Waals surface area contributed by atoms with Gasteiger partial charge >= 0.3 is 0 Å². The number of aliphatic hydroxyl groups excluding tert-OH is 1. The molecule has 1 aromatic carbocycles. The van der Waals surface area contributed by atoms with Crippen LogP contribution in [0.15, 0.2) is 29.2 Å². The third kappa shape index (κ3) is 4.96. The fourth-order valence-electron chi connectivity index (χ4n) is 4.08. The van der Waals surface area contributed by atoms with Crippen LogP contribution in [0, 0.1) is 11.8 Å². The molecule has 0 bridgehead atoms. The molecule has 0 saturated heterocycles. The molecule has 0 spiro atoms. The van der Waals surface area contributed by atoms with Crippen LogP contribution in [0.1, 0.15) is 45.6 Å². The minimum atomic E-state index is -3.85. The van der Waals surface area contributed by atoms with Crippen molar-refractivity contribution in [3.63, 3.8) is 0 Å². The lowest BCUT2D eigenvalue weighted by molar-refractivity contribution is -0.138. The van der Waals surface area contributed by atoms with Gasteiger partial charge in [0, 0.05) is 31.5 Å². The van der Waals surface area contributed by atoms with E-state index in [2.05, 4.69) is 0 Å². The molecule has 31 heavy (non-hydrogen) atoms. The van der Waals surface area contributed by atoms with Gasteiger partial charge in [0.15, 0.2) is 0 Å². The Balaban J connectivity index is 1.99.